The molecule has 5 nitrogen and oxygen atoms in total. The van der Waals surface area contributed by atoms with Crippen LogP contribution in [0.5, 0.6) is 0 Å². The molecule has 19 heavy (non-hydrogen) atoms. The number of anilines is 1. The van der Waals surface area contributed by atoms with Gasteiger partial charge in [0.25, 0.3) is 5.91 Å². The van der Waals surface area contributed by atoms with E-state index in [1.807, 2.05) is 37.4 Å². The van der Waals surface area contributed by atoms with Gasteiger partial charge >= 0.3 is 0 Å². The maximum absolute atomic E-state index is 12.0. The van der Waals surface area contributed by atoms with Crippen molar-refractivity contribution >= 4 is 17.5 Å². The van der Waals surface area contributed by atoms with E-state index < -0.39 is 0 Å². The number of carbonyl (C=O) groups is 2. The fourth-order valence-corrected chi connectivity index (χ4v) is 2.25. The number of quaternary nitrogens is 1. The van der Waals surface area contributed by atoms with Crippen molar-refractivity contribution < 1.29 is 14.9 Å². The molecule has 1 fully saturated rings. The Morgan fingerprint density at radius 1 is 1.47 bits per heavy atom. The summed E-state index contributed by atoms with van der Waals surface area (Å²) in [4.78, 5) is 23.5. The summed E-state index contributed by atoms with van der Waals surface area (Å²) in [5, 5.41) is 7.55. The van der Waals surface area contributed by atoms with Gasteiger partial charge in [0.05, 0.1) is 19.5 Å². The van der Waals surface area contributed by atoms with Crippen molar-refractivity contribution in [1.82, 2.24) is 5.32 Å². The third kappa shape index (κ3) is 3.54. The van der Waals surface area contributed by atoms with Gasteiger partial charge in [0.1, 0.15) is 0 Å². The molecule has 0 aliphatic carbocycles. The molecule has 1 atom stereocenters. The van der Waals surface area contributed by atoms with E-state index in [9.17, 15) is 9.59 Å². The fourth-order valence-electron chi connectivity index (χ4n) is 2.25. The van der Waals surface area contributed by atoms with E-state index in [1.165, 1.54) is 0 Å². The van der Waals surface area contributed by atoms with Gasteiger partial charge in [0.2, 0.25) is 5.91 Å². The van der Waals surface area contributed by atoms with Gasteiger partial charge < -0.3 is 16.0 Å². The molecule has 5 heteroatoms. The molecule has 1 aliphatic rings. The minimum absolute atomic E-state index is 0.0537. The molecule has 1 aliphatic heterocycles. The van der Waals surface area contributed by atoms with Gasteiger partial charge in [-0.25, -0.2) is 0 Å². The molecule has 2 amide bonds. The van der Waals surface area contributed by atoms with Crippen LogP contribution in [-0.4, -0.2) is 30.9 Å². The topological polar surface area (TPSA) is 74.8 Å². The first-order chi connectivity index (χ1) is 9.06. The Kier molecular flexibility index (Phi) is 4.16. The summed E-state index contributed by atoms with van der Waals surface area (Å²) in [7, 11) is 0. The Labute approximate surface area is 112 Å². The average molecular weight is 262 g/mol. The number of aryl methyl sites for hydroxylation is 2. The van der Waals surface area contributed by atoms with Crippen LogP contribution in [0, 0.1) is 13.8 Å². The summed E-state index contributed by atoms with van der Waals surface area (Å²) in [5.41, 5.74) is 3.01. The van der Waals surface area contributed by atoms with Crippen LogP contribution in [-0.2, 0) is 9.59 Å². The largest absolute Gasteiger partial charge is 0.345 e. The number of carbonyl (C=O) groups excluding carboxylic acids is 2. The second-order valence-corrected chi connectivity index (χ2v) is 4.99. The summed E-state index contributed by atoms with van der Waals surface area (Å²) in [6, 6.07) is 5.57. The predicted molar refractivity (Wildman–Crippen MR) is 72.8 cm³/mol. The molecule has 1 aromatic carbocycles. The van der Waals surface area contributed by atoms with E-state index in [2.05, 4.69) is 10.6 Å². The molecule has 1 saturated heterocycles. The molecule has 0 aromatic heterocycles. The number of piperazine rings is 1. The molecule has 0 unspecified atom stereocenters. The van der Waals surface area contributed by atoms with E-state index in [0.29, 0.717) is 6.54 Å². The van der Waals surface area contributed by atoms with E-state index >= 15 is 0 Å². The second-order valence-electron chi connectivity index (χ2n) is 4.99. The Morgan fingerprint density at radius 3 is 2.95 bits per heavy atom. The maximum atomic E-state index is 12.0. The zero-order chi connectivity index (χ0) is 13.8. The maximum Gasteiger partial charge on any atom is 0.278 e. The first-order valence-electron chi connectivity index (χ1n) is 6.54. The van der Waals surface area contributed by atoms with Crippen LogP contribution in [0.25, 0.3) is 0 Å². The number of rotatable bonds is 3. The first-order valence-corrected chi connectivity index (χ1v) is 6.54. The SMILES string of the molecule is Cc1ccc(NC(=O)C[C@H]2[NH2+]CCNC2=O)c(C)c1. The Hall–Kier alpha value is -1.88. The van der Waals surface area contributed by atoms with E-state index in [-0.39, 0.29) is 24.3 Å². The Balaban J connectivity index is 1.95. The van der Waals surface area contributed by atoms with Crippen LogP contribution >= 0.6 is 0 Å². The number of benzene rings is 1. The van der Waals surface area contributed by atoms with Gasteiger partial charge in [-0.2, -0.15) is 0 Å². The lowest BCUT2D eigenvalue weighted by Crippen LogP contribution is -2.96. The number of nitrogens with one attached hydrogen (secondary N) is 2. The zero-order valence-electron chi connectivity index (χ0n) is 11.3. The number of hydrogen-bond acceptors (Lipinski definition) is 2. The van der Waals surface area contributed by atoms with Crippen molar-refractivity contribution in [1.29, 1.82) is 0 Å². The van der Waals surface area contributed by atoms with Crippen LogP contribution in [0.1, 0.15) is 17.5 Å². The molecule has 0 radical (unpaired) electrons. The third-order valence-corrected chi connectivity index (χ3v) is 3.29. The molecule has 102 valence electrons. The summed E-state index contributed by atoms with van der Waals surface area (Å²) >= 11 is 0. The highest BCUT2D eigenvalue weighted by Gasteiger charge is 2.27. The summed E-state index contributed by atoms with van der Waals surface area (Å²) in [6.07, 6.45) is 0.207. The minimum atomic E-state index is -0.306. The molecule has 4 N–H and O–H groups in total. The quantitative estimate of drug-likeness (QED) is 0.699. The lowest BCUT2D eigenvalue weighted by Gasteiger charge is -2.20. The molecular formula is C14H20N3O2+. The smallest absolute Gasteiger partial charge is 0.278 e. The average Bonchev–Trinajstić information content (AvgIpc) is 2.36. The number of nitrogens with two attached hydrogens (primary N) is 1. The molecule has 0 bridgehead atoms. The van der Waals surface area contributed by atoms with Gasteiger partial charge in [-0.05, 0) is 25.5 Å². The number of hydrogen-bond donors (Lipinski definition) is 3. The highest BCUT2D eigenvalue weighted by atomic mass is 16.2. The van der Waals surface area contributed by atoms with Crippen molar-refractivity contribution in [2.24, 2.45) is 0 Å². The van der Waals surface area contributed by atoms with E-state index in [4.69, 9.17) is 0 Å². The Bertz CT molecular complexity index is 499. The van der Waals surface area contributed by atoms with Crippen molar-refractivity contribution in [2.45, 2.75) is 26.3 Å². The highest BCUT2D eigenvalue weighted by molar-refractivity contribution is 5.95. The van der Waals surface area contributed by atoms with Gasteiger partial charge in [0, 0.05) is 5.69 Å². The van der Waals surface area contributed by atoms with Gasteiger partial charge in [-0.1, -0.05) is 17.7 Å². The fraction of sp³-hybridized carbons (Fsp3) is 0.429. The monoisotopic (exact) mass is 262 g/mol. The van der Waals surface area contributed by atoms with Crippen molar-refractivity contribution in [3.8, 4) is 0 Å². The predicted octanol–water partition coefficient (Wildman–Crippen LogP) is -0.306. The van der Waals surface area contributed by atoms with Crippen molar-refractivity contribution in [2.75, 3.05) is 18.4 Å². The number of amides is 2. The molecule has 1 heterocycles. The van der Waals surface area contributed by atoms with Gasteiger partial charge in [-0.15, -0.1) is 0 Å². The van der Waals surface area contributed by atoms with E-state index in [1.54, 1.807) is 0 Å². The van der Waals surface area contributed by atoms with Gasteiger partial charge in [0.15, 0.2) is 6.04 Å². The summed E-state index contributed by atoms with van der Waals surface area (Å²) in [6.45, 7) is 5.48. The van der Waals surface area contributed by atoms with Crippen LogP contribution in [0.2, 0.25) is 0 Å². The normalized spacial score (nSPS) is 18.8. The molecule has 0 saturated carbocycles. The molecule has 1 aromatic rings. The van der Waals surface area contributed by atoms with Crippen LogP contribution in [0.15, 0.2) is 18.2 Å². The molecule has 0 spiro atoms. The zero-order valence-corrected chi connectivity index (χ0v) is 11.3. The van der Waals surface area contributed by atoms with Gasteiger partial charge in [-0.3, -0.25) is 9.59 Å². The first kappa shape index (κ1) is 13.5. The van der Waals surface area contributed by atoms with Crippen molar-refractivity contribution in [3.05, 3.63) is 29.3 Å². The third-order valence-electron chi connectivity index (χ3n) is 3.29. The lowest BCUT2D eigenvalue weighted by atomic mass is 10.1. The minimum Gasteiger partial charge on any atom is -0.345 e. The van der Waals surface area contributed by atoms with Crippen LogP contribution in [0.4, 0.5) is 5.69 Å². The highest BCUT2D eigenvalue weighted by Crippen LogP contribution is 2.16. The molecular weight excluding hydrogens is 242 g/mol. The lowest BCUT2D eigenvalue weighted by molar-refractivity contribution is -0.678. The Morgan fingerprint density at radius 2 is 2.26 bits per heavy atom. The summed E-state index contributed by atoms with van der Waals surface area (Å²) in [5.74, 6) is -0.174. The standard InChI is InChI=1S/C14H19N3O2/c1-9-3-4-11(10(2)7-9)17-13(18)8-12-14(19)16-6-5-15-12/h3-4,7,12,15H,5-6,8H2,1-2H3,(H,16,19)(H,17,18)/p+1/t12-/m1/s1. The van der Waals surface area contributed by atoms with Crippen molar-refractivity contribution in [3.63, 3.8) is 0 Å². The van der Waals surface area contributed by atoms with Crippen LogP contribution < -0.4 is 16.0 Å². The summed E-state index contributed by atoms with van der Waals surface area (Å²) < 4.78 is 0. The van der Waals surface area contributed by atoms with Crippen LogP contribution in [0.3, 0.4) is 0 Å². The second kappa shape index (κ2) is 5.84. The van der Waals surface area contributed by atoms with E-state index in [0.717, 1.165) is 23.4 Å². The molecule has 2 rings (SSSR count).